The van der Waals surface area contributed by atoms with Crippen molar-refractivity contribution in [1.29, 1.82) is 0 Å². The van der Waals surface area contributed by atoms with Crippen molar-refractivity contribution >= 4 is 88.2 Å². The number of benzene rings is 4. The van der Waals surface area contributed by atoms with Gasteiger partial charge in [-0.3, -0.25) is 20.2 Å². The van der Waals surface area contributed by atoms with Gasteiger partial charge in [-0.15, -0.1) is 11.6 Å². The first kappa shape index (κ1) is 40.2. The third kappa shape index (κ3) is 9.41. The molecule has 2 amide bonds. The molecule has 0 radical (unpaired) electrons. The SMILES string of the molecule is COCc1ccc(C(=O)Nc2nc3c(OC)ccc(N4CCOCC4)c3s2)cc1.COc1ccc(N2CCOCC2)c2sc(NC(=O)c3ccc(CCl)cc3)nc12. The molecule has 6 aromatic rings. The summed E-state index contributed by atoms with van der Waals surface area (Å²) in [5, 5.41) is 6.91. The second-order valence-electron chi connectivity index (χ2n) is 13.0. The molecular formula is C41H43ClN6O7S2. The van der Waals surface area contributed by atoms with Crippen LogP contribution in [-0.4, -0.2) is 95.7 Å². The summed E-state index contributed by atoms with van der Waals surface area (Å²) in [6.45, 7) is 6.64. The zero-order valence-electron chi connectivity index (χ0n) is 31.8. The minimum atomic E-state index is -0.202. The first-order chi connectivity index (χ1) is 27.9. The monoisotopic (exact) mass is 830 g/mol. The molecule has 2 fully saturated rings. The predicted octanol–water partition coefficient (Wildman–Crippen LogP) is 7.67. The summed E-state index contributed by atoms with van der Waals surface area (Å²) in [4.78, 5) is 39.1. The number of hydrogen-bond acceptors (Lipinski definition) is 13. The van der Waals surface area contributed by atoms with Gasteiger partial charge in [0.15, 0.2) is 10.3 Å². The van der Waals surface area contributed by atoms with Crippen molar-refractivity contribution in [3.05, 3.63) is 95.1 Å². The largest absolute Gasteiger partial charge is 0.494 e. The maximum absolute atomic E-state index is 12.7. The van der Waals surface area contributed by atoms with Gasteiger partial charge in [-0.05, 0) is 59.7 Å². The van der Waals surface area contributed by atoms with Gasteiger partial charge in [0.25, 0.3) is 11.8 Å². The van der Waals surface area contributed by atoms with Crippen molar-refractivity contribution in [2.24, 2.45) is 0 Å². The van der Waals surface area contributed by atoms with E-state index in [0.29, 0.717) is 71.8 Å². The summed E-state index contributed by atoms with van der Waals surface area (Å²) in [7, 11) is 4.90. The molecule has 0 aliphatic carbocycles. The molecule has 0 atom stereocenters. The van der Waals surface area contributed by atoms with Crippen LogP contribution in [0.25, 0.3) is 20.4 Å². The molecule has 16 heteroatoms. The van der Waals surface area contributed by atoms with Gasteiger partial charge >= 0.3 is 0 Å². The zero-order valence-corrected chi connectivity index (χ0v) is 34.2. The Bertz CT molecular complexity index is 2310. The number of rotatable bonds is 11. The molecule has 298 valence electrons. The van der Waals surface area contributed by atoms with E-state index in [-0.39, 0.29) is 11.8 Å². The number of morpholine rings is 2. The number of aromatic nitrogens is 2. The lowest BCUT2D eigenvalue weighted by molar-refractivity contribution is 0.101. The number of halogens is 1. The van der Waals surface area contributed by atoms with Gasteiger partial charge in [-0.25, -0.2) is 9.97 Å². The molecule has 2 aliphatic rings. The molecule has 4 aromatic carbocycles. The molecule has 2 aromatic heterocycles. The molecular weight excluding hydrogens is 788 g/mol. The lowest BCUT2D eigenvalue weighted by Crippen LogP contribution is -2.36. The number of carbonyl (C=O) groups is 2. The van der Waals surface area contributed by atoms with Crippen LogP contribution in [0.2, 0.25) is 0 Å². The molecule has 0 bridgehead atoms. The van der Waals surface area contributed by atoms with Crippen LogP contribution in [0.3, 0.4) is 0 Å². The Balaban J connectivity index is 0.000000174. The summed E-state index contributed by atoms with van der Waals surface area (Å²) in [6, 6.07) is 22.5. The van der Waals surface area contributed by atoms with Crippen molar-refractivity contribution in [3.8, 4) is 11.5 Å². The van der Waals surface area contributed by atoms with Crippen LogP contribution in [0.5, 0.6) is 11.5 Å². The molecule has 8 rings (SSSR count). The van der Waals surface area contributed by atoms with Crippen molar-refractivity contribution in [2.75, 3.05) is 94.4 Å². The van der Waals surface area contributed by atoms with E-state index in [9.17, 15) is 9.59 Å². The number of nitrogens with zero attached hydrogens (tertiary/aromatic N) is 4. The number of fused-ring (bicyclic) bond motifs is 2. The van der Waals surface area contributed by atoms with Crippen LogP contribution >= 0.6 is 34.3 Å². The fraction of sp³-hybridized carbons (Fsp3) is 0.317. The fourth-order valence-electron chi connectivity index (χ4n) is 6.49. The van der Waals surface area contributed by atoms with E-state index in [1.807, 2.05) is 48.5 Å². The Hall–Kier alpha value is -5.03. The van der Waals surface area contributed by atoms with Gasteiger partial charge in [0.1, 0.15) is 22.5 Å². The Morgan fingerprint density at radius 1 is 0.649 bits per heavy atom. The standard InChI is InChI=1S/C21H23N3O4S.C20H20ClN3O3S/c1-26-13-14-3-5-15(6-4-14)20(25)23-21-22-18-17(27-2)8-7-16(19(18)29-21)24-9-11-28-12-10-24;1-26-16-7-6-15(24-8-10-27-11-9-24)18-17(16)22-20(28-18)23-19(25)14-4-2-13(12-21)3-5-14/h3-8H,9-13H2,1-2H3,(H,22,23,25);2-7H,8-12H2,1H3,(H,22,23,25). The second kappa shape index (κ2) is 18.9. The van der Waals surface area contributed by atoms with Crippen LogP contribution < -0.4 is 29.9 Å². The Labute approximate surface area is 343 Å². The first-order valence-electron chi connectivity index (χ1n) is 18.3. The number of alkyl halides is 1. The van der Waals surface area contributed by atoms with E-state index >= 15 is 0 Å². The van der Waals surface area contributed by atoms with E-state index in [1.165, 1.54) is 22.7 Å². The van der Waals surface area contributed by atoms with Gasteiger partial charge < -0.3 is 33.5 Å². The molecule has 2 aliphatic heterocycles. The number of amides is 2. The molecule has 57 heavy (non-hydrogen) atoms. The van der Waals surface area contributed by atoms with Crippen molar-refractivity contribution in [3.63, 3.8) is 0 Å². The number of carbonyl (C=O) groups excluding carboxylic acids is 2. The van der Waals surface area contributed by atoms with E-state index in [1.54, 1.807) is 45.6 Å². The van der Waals surface area contributed by atoms with Crippen LogP contribution in [0, 0.1) is 0 Å². The molecule has 0 spiro atoms. The smallest absolute Gasteiger partial charge is 0.257 e. The topological polar surface area (TPSA) is 137 Å². The maximum atomic E-state index is 12.7. The van der Waals surface area contributed by atoms with Crippen LogP contribution in [-0.2, 0) is 26.7 Å². The van der Waals surface area contributed by atoms with Gasteiger partial charge in [-0.1, -0.05) is 46.9 Å². The summed E-state index contributed by atoms with van der Waals surface area (Å²) >= 11 is 8.72. The van der Waals surface area contributed by atoms with E-state index in [2.05, 4.69) is 30.4 Å². The first-order valence-corrected chi connectivity index (χ1v) is 20.5. The quantitative estimate of drug-likeness (QED) is 0.125. The van der Waals surface area contributed by atoms with Crippen LogP contribution in [0.4, 0.5) is 21.6 Å². The average molecular weight is 831 g/mol. The highest BCUT2D eigenvalue weighted by molar-refractivity contribution is 7.23. The average Bonchev–Trinajstić information content (AvgIpc) is 3.88. The van der Waals surface area contributed by atoms with Crippen molar-refractivity contribution in [2.45, 2.75) is 12.5 Å². The number of anilines is 4. The van der Waals surface area contributed by atoms with Crippen LogP contribution in [0.1, 0.15) is 31.8 Å². The number of methoxy groups -OCH3 is 3. The number of nitrogens with one attached hydrogen (secondary N) is 2. The van der Waals surface area contributed by atoms with E-state index in [4.69, 9.17) is 35.3 Å². The highest BCUT2D eigenvalue weighted by Crippen LogP contribution is 2.41. The van der Waals surface area contributed by atoms with Crippen LogP contribution in [0.15, 0.2) is 72.8 Å². The molecule has 2 saturated heterocycles. The third-order valence-corrected chi connectivity index (χ3v) is 11.7. The fourth-order valence-corrected chi connectivity index (χ4v) is 8.70. The third-order valence-electron chi connectivity index (χ3n) is 9.45. The lowest BCUT2D eigenvalue weighted by atomic mass is 10.1. The Morgan fingerprint density at radius 3 is 1.46 bits per heavy atom. The molecule has 0 unspecified atom stereocenters. The lowest BCUT2D eigenvalue weighted by Gasteiger charge is -2.29. The highest BCUT2D eigenvalue weighted by atomic mass is 35.5. The summed E-state index contributed by atoms with van der Waals surface area (Å²) in [6.07, 6.45) is 0. The van der Waals surface area contributed by atoms with Gasteiger partial charge in [0, 0.05) is 50.3 Å². The maximum Gasteiger partial charge on any atom is 0.257 e. The zero-order chi connectivity index (χ0) is 39.7. The molecule has 4 heterocycles. The minimum Gasteiger partial charge on any atom is -0.494 e. The van der Waals surface area contributed by atoms with Gasteiger partial charge in [-0.2, -0.15) is 0 Å². The molecule has 0 saturated carbocycles. The highest BCUT2D eigenvalue weighted by Gasteiger charge is 2.22. The van der Waals surface area contributed by atoms with E-state index < -0.39 is 0 Å². The Kier molecular flexibility index (Phi) is 13.4. The van der Waals surface area contributed by atoms with Gasteiger partial charge in [0.05, 0.1) is 68.0 Å². The number of thiazole rings is 2. The van der Waals surface area contributed by atoms with Crippen molar-refractivity contribution < 1.29 is 33.3 Å². The van der Waals surface area contributed by atoms with E-state index in [0.717, 1.165) is 69.1 Å². The number of ether oxygens (including phenoxy) is 5. The second-order valence-corrected chi connectivity index (χ2v) is 15.3. The normalized spacial score (nSPS) is 14.2. The number of hydrogen-bond donors (Lipinski definition) is 2. The molecule has 13 nitrogen and oxygen atoms in total. The summed E-state index contributed by atoms with van der Waals surface area (Å²) in [5.41, 5.74) is 6.81. The minimum absolute atomic E-state index is 0.195. The van der Waals surface area contributed by atoms with Crippen molar-refractivity contribution in [1.82, 2.24) is 9.97 Å². The Morgan fingerprint density at radius 2 is 1.07 bits per heavy atom. The molecule has 2 N–H and O–H groups in total. The van der Waals surface area contributed by atoms with Gasteiger partial charge in [0.2, 0.25) is 0 Å². The predicted molar refractivity (Wildman–Crippen MR) is 227 cm³/mol. The summed E-state index contributed by atoms with van der Waals surface area (Å²) < 4.78 is 29.0. The summed E-state index contributed by atoms with van der Waals surface area (Å²) in [5.74, 6) is 1.41.